The molecule has 1 amide bonds. The van der Waals surface area contributed by atoms with Crippen LogP contribution in [0.4, 0.5) is 0 Å². The van der Waals surface area contributed by atoms with E-state index in [0.29, 0.717) is 23.6 Å². The molecule has 28 heavy (non-hydrogen) atoms. The summed E-state index contributed by atoms with van der Waals surface area (Å²) in [5.74, 6) is 0.113. The molecular weight excluding hydrogens is 356 g/mol. The molecule has 0 aliphatic rings. The lowest BCUT2D eigenvalue weighted by Gasteiger charge is -2.14. The summed E-state index contributed by atoms with van der Waals surface area (Å²) < 4.78 is 10.9. The molecule has 1 heterocycles. The van der Waals surface area contributed by atoms with Gasteiger partial charge in [-0.05, 0) is 42.7 Å². The van der Waals surface area contributed by atoms with Gasteiger partial charge in [0.25, 0.3) is 0 Å². The number of aromatic nitrogens is 1. The summed E-state index contributed by atoms with van der Waals surface area (Å²) in [6.07, 6.45) is 0.144. The van der Waals surface area contributed by atoms with E-state index in [0.717, 1.165) is 11.1 Å². The van der Waals surface area contributed by atoms with Crippen LogP contribution in [0.1, 0.15) is 26.3 Å². The number of carbonyl (C=O) groups excluding carboxylic acids is 2. The summed E-state index contributed by atoms with van der Waals surface area (Å²) in [6, 6.07) is 14.4. The highest BCUT2D eigenvalue weighted by Gasteiger charge is 2.18. The van der Waals surface area contributed by atoms with Crippen molar-refractivity contribution in [3.63, 3.8) is 0 Å². The molecule has 2 aromatic carbocycles. The van der Waals surface area contributed by atoms with E-state index in [1.165, 1.54) is 0 Å². The smallest absolute Gasteiger partial charge is 0.328 e. The molecule has 3 rings (SSSR count). The second-order valence-electron chi connectivity index (χ2n) is 7.18. The lowest BCUT2D eigenvalue weighted by Crippen LogP contribution is -2.40. The van der Waals surface area contributed by atoms with Gasteiger partial charge >= 0.3 is 5.97 Å². The van der Waals surface area contributed by atoms with E-state index in [1.807, 2.05) is 56.3 Å². The van der Waals surface area contributed by atoms with Crippen LogP contribution in [0.2, 0.25) is 0 Å². The number of oxazole rings is 1. The number of esters is 1. The lowest BCUT2D eigenvalue weighted by atomic mass is 10.1. The minimum absolute atomic E-state index is 0.144. The molecule has 6 nitrogen and oxygen atoms in total. The Morgan fingerprint density at radius 3 is 2.57 bits per heavy atom. The number of amides is 1. The van der Waals surface area contributed by atoms with Crippen molar-refractivity contribution < 1.29 is 18.7 Å². The molecule has 0 spiro atoms. The van der Waals surface area contributed by atoms with Gasteiger partial charge in [-0.2, -0.15) is 0 Å². The molecule has 6 heteroatoms. The summed E-state index contributed by atoms with van der Waals surface area (Å²) in [5.41, 5.74) is 3.04. The fourth-order valence-corrected chi connectivity index (χ4v) is 2.70. The van der Waals surface area contributed by atoms with E-state index < -0.39 is 12.0 Å². The van der Waals surface area contributed by atoms with Crippen molar-refractivity contribution in [2.45, 2.75) is 33.2 Å². The first-order chi connectivity index (χ1) is 13.4. The Labute approximate surface area is 163 Å². The zero-order valence-electron chi connectivity index (χ0n) is 16.3. The van der Waals surface area contributed by atoms with E-state index in [2.05, 4.69) is 10.3 Å². The first-order valence-electron chi connectivity index (χ1n) is 9.33. The monoisotopic (exact) mass is 380 g/mol. The Bertz CT molecular complexity index is 963. The van der Waals surface area contributed by atoms with Crippen LogP contribution < -0.4 is 5.32 Å². The van der Waals surface area contributed by atoms with Crippen molar-refractivity contribution in [1.29, 1.82) is 0 Å². The molecule has 1 aromatic heterocycles. The average Bonchev–Trinajstić information content (AvgIpc) is 3.10. The van der Waals surface area contributed by atoms with E-state index in [9.17, 15) is 9.59 Å². The third-order valence-electron chi connectivity index (χ3n) is 4.13. The Hall–Kier alpha value is -3.15. The number of nitrogens with one attached hydrogen (secondary N) is 1. The van der Waals surface area contributed by atoms with Crippen molar-refractivity contribution in [1.82, 2.24) is 10.3 Å². The third kappa shape index (κ3) is 4.97. The van der Waals surface area contributed by atoms with Crippen LogP contribution in [0.5, 0.6) is 0 Å². The Balaban J connectivity index is 1.64. The zero-order chi connectivity index (χ0) is 20.1. The molecule has 0 bridgehead atoms. The first-order valence-corrected chi connectivity index (χ1v) is 9.33. The first kappa shape index (κ1) is 19.6. The van der Waals surface area contributed by atoms with E-state index in [-0.39, 0.29) is 18.2 Å². The number of hydrogen-bond donors (Lipinski definition) is 1. The van der Waals surface area contributed by atoms with Gasteiger partial charge in [0.1, 0.15) is 11.6 Å². The minimum Gasteiger partial charge on any atom is -0.464 e. The fraction of sp³-hybridized carbons (Fsp3) is 0.318. The molecule has 0 radical (unpaired) electrons. The van der Waals surface area contributed by atoms with Crippen LogP contribution in [0.15, 0.2) is 52.9 Å². The van der Waals surface area contributed by atoms with Crippen molar-refractivity contribution in [2.75, 3.05) is 6.61 Å². The van der Waals surface area contributed by atoms with Gasteiger partial charge < -0.3 is 14.5 Å². The van der Waals surface area contributed by atoms with Crippen LogP contribution in [0.3, 0.4) is 0 Å². The van der Waals surface area contributed by atoms with Crippen molar-refractivity contribution >= 4 is 23.0 Å². The fourth-order valence-electron chi connectivity index (χ4n) is 2.70. The Morgan fingerprint density at radius 2 is 1.86 bits per heavy atom. The number of fused-ring (bicyclic) bond motifs is 1. The summed E-state index contributed by atoms with van der Waals surface area (Å²) >= 11 is 0. The number of benzene rings is 2. The zero-order valence-corrected chi connectivity index (χ0v) is 16.3. The molecule has 0 aliphatic carbocycles. The summed E-state index contributed by atoms with van der Waals surface area (Å²) in [4.78, 5) is 28.7. The van der Waals surface area contributed by atoms with Gasteiger partial charge in [-0.3, -0.25) is 4.79 Å². The Kier molecular flexibility index (Phi) is 6.09. The van der Waals surface area contributed by atoms with Crippen molar-refractivity contribution in [2.24, 2.45) is 5.92 Å². The number of carbonyl (C=O) groups is 2. The molecule has 1 N–H and O–H groups in total. The van der Waals surface area contributed by atoms with Gasteiger partial charge in [-0.1, -0.05) is 38.1 Å². The van der Waals surface area contributed by atoms with Gasteiger partial charge in [0.15, 0.2) is 5.58 Å². The van der Waals surface area contributed by atoms with Crippen LogP contribution in [0.25, 0.3) is 22.6 Å². The lowest BCUT2D eigenvalue weighted by molar-refractivity contribution is -0.148. The largest absolute Gasteiger partial charge is 0.464 e. The normalized spacial score (nSPS) is 12.1. The molecule has 0 fully saturated rings. The third-order valence-corrected chi connectivity index (χ3v) is 4.13. The molecule has 146 valence electrons. The highest BCUT2D eigenvalue weighted by Crippen LogP contribution is 2.24. The number of nitrogens with zero attached hydrogens (tertiary/aromatic N) is 1. The van der Waals surface area contributed by atoms with Crippen LogP contribution in [-0.4, -0.2) is 29.5 Å². The van der Waals surface area contributed by atoms with Gasteiger partial charge in [0.05, 0.1) is 13.0 Å². The second-order valence-corrected chi connectivity index (χ2v) is 7.18. The molecule has 1 atom stereocenters. The molecule has 3 aromatic rings. The van der Waals surface area contributed by atoms with Crippen LogP contribution in [0, 0.1) is 5.92 Å². The minimum atomic E-state index is -0.688. The maximum Gasteiger partial charge on any atom is 0.328 e. The SMILES string of the molecule is CC(C)COC(=O)C(C)NC(=O)Cc1ccc2oc(-c3ccccc3)nc2c1. The summed E-state index contributed by atoms with van der Waals surface area (Å²) in [6.45, 7) is 5.87. The van der Waals surface area contributed by atoms with Crippen LogP contribution >= 0.6 is 0 Å². The van der Waals surface area contributed by atoms with Crippen molar-refractivity contribution in [3.8, 4) is 11.5 Å². The number of hydrogen-bond acceptors (Lipinski definition) is 5. The predicted molar refractivity (Wildman–Crippen MR) is 107 cm³/mol. The van der Waals surface area contributed by atoms with Gasteiger partial charge in [-0.25, -0.2) is 9.78 Å². The standard InChI is InChI=1S/C22H24N2O4/c1-14(2)13-27-22(26)15(3)23-20(25)12-16-9-10-19-18(11-16)24-21(28-19)17-7-5-4-6-8-17/h4-11,14-15H,12-13H2,1-3H3,(H,23,25). The molecule has 1 unspecified atom stereocenters. The maximum absolute atomic E-state index is 12.3. The average molecular weight is 380 g/mol. The van der Waals surface area contributed by atoms with Gasteiger partial charge in [0, 0.05) is 5.56 Å². The highest BCUT2D eigenvalue weighted by atomic mass is 16.5. The summed E-state index contributed by atoms with van der Waals surface area (Å²) in [5, 5.41) is 2.67. The van der Waals surface area contributed by atoms with Crippen LogP contribution in [-0.2, 0) is 20.7 Å². The van der Waals surface area contributed by atoms with Gasteiger partial charge in [-0.15, -0.1) is 0 Å². The predicted octanol–water partition coefficient (Wildman–Crippen LogP) is 3.74. The van der Waals surface area contributed by atoms with E-state index >= 15 is 0 Å². The quantitative estimate of drug-likeness (QED) is 0.632. The van der Waals surface area contributed by atoms with E-state index in [4.69, 9.17) is 9.15 Å². The highest BCUT2D eigenvalue weighted by molar-refractivity contribution is 5.86. The molecule has 0 saturated carbocycles. The van der Waals surface area contributed by atoms with Crippen molar-refractivity contribution in [3.05, 3.63) is 54.1 Å². The second kappa shape index (κ2) is 8.69. The topological polar surface area (TPSA) is 81.4 Å². The molecule has 0 aliphatic heterocycles. The number of rotatable bonds is 7. The van der Waals surface area contributed by atoms with E-state index in [1.54, 1.807) is 13.0 Å². The van der Waals surface area contributed by atoms with Gasteiger partial charge in [0.2, 0.25) is 11.8 Å². The summed E-state index contributed by atoms with van der Waals surface area (Å²) in [7, 11) is 0. The number of ether oxygens (including phenoxy) is 1. The molecular formula is C22H24N2O4. The molecule has 0 saturated heterocycles. The maximum atomic E-state index is 12.3. The Morgan fingerprint density at radius 1 is 1.11 bits per heavy atom.